The number of carbonyl (C=O) groups excluding carboxylic acids is 1. The minimum Gasteiger partial charge on any atom is -0.326 e. The lowest BCUT2D eigenvalue weighted by Gasteiger charge is -2.34. The topological polar surface area (TPSA) is 66.5 Å². The number of hydrogen-bond acceptors (Lipinski definition) is 4. The molecule has 106 valence electrons. The van der Waals surface area contributed by atoms with Crippen LogP contribution in [0.5, 0.6) is 0 Å². The molecular formula is C13H20N2O3S. The van der Waals surface area contributed by atoms with E-state index < -0.39 is 15.4 Å². The van der Waals surface area contributed by atoms with Gasteiger partial charge in [-0.3, -0.25) is 4.79 Å². The highest BCUT2D eigenvalue weighted by Crippen LogP contribution is 2.25. The monoisotopic (exact) mass is 284 g/mol. The van der Waals surface area contributed by atoms with E-state index in [1.54, 1.807) is 4.90 Å². The molecule has 0 bridgehead atoms. The second-order valence-corrected chi connectivity index (χ2v) is 7.79. The first-order valence-corrected chi connectivity index (χ1v) is 8.40. The zero-order valence-corrected chi connectivity index (χ0v) is 12.0. The number of sulfone groups is 1. The number of amides is 1. The number of carbonyl (C=O) groups is 1. The predicted octanol–water partition coefficient (Wildman–Crippen LogP) is -0.223. The highest BCUT2D eigenvalue weighted by Gasteiger charge is 2.43. The molecule has 2 saturated heterocycles. The Hall–Kier alpha value is -1.06. The van der Waals surface area contributed by atoms with Gasteiger partial charge in [-0.05, 0) is 32.7 Å². The number of hydrogen-bond donors (Lipinski definition) is 1. The zero-order valence-electron chi connectivity index (χ0n) is 11.2. The third-order valence-electron chi connectivity index (χ3n) is 4.01. The van der Waals surface area contributed by atoms with E-state index >= 15 is 0 Å². The molecule has 2 unspecified atom stereocenters. The molecule has 0 aromatic carbocycles. The van der Waals surface area contributed by atoms with Crippen LogP contribution >= 0.6 is 0 Å². The van der Waals surface area contributed by atoms with E-state index in [0.717, 1.165) is 19.4 Å². The van der Waals surface area contributed by atoms with Gasteiger partial charge in [0.15, 0.2) is 9.84 Å². The van der Waals surface area contributed by atoms with Crippen LogP contribution in [0.4, 0.5) is 0 Å². The molecule has 1 amide bonds. The molecule has 2 fully saturated rings. The Morgan fingerprint density at radius 2 is 2.32 bits per heavy atom. The third kappa shape index (κ3) is 2.93. The van der Waals surface area contributed by atoms with Gasteiger partial charge in [-0.1, -0.05) is 5.92 Å². The fourth-order valence-electron chi connectivity index (χ4n) is 2.88. The smallest absolute Gasteiger partial charge is 0.243 e. The van der Waals surface area contributed by atoms with Crippen LogP contribution < -0.4 is 5.32 Å². The summed E-state index contributed by atoms with van der Waals surface area (Å²) in [6.07, 6.45) is 7.55. The molecule has 2 rings (SSSR count). The highest BCUT2D eigenvalue weighted by atomic mass is 32.2. The standard InChI is InChI=1S/C13H20N2O3S/c1-3-8-15(11-5-9-19(17,18)10-11)12(16)13(2)6-4-7-14-13/h1,11,14H,4-10H2,2H3. The molecule has 19 heavy (non-hydrogen) atoms. The van der Waals surface area contributed by atoms with E-state index in [1.807, 2.05) is 6.92 Å². The summed E-state index contributed by atoms with van der Waals surface area (Å²) in [7, 11) is -3.02. The first-order chi connectivity index (χ1) is 8.88. The number of terminal acetylenes is 1. The SMILES string of the molecule is C#CCN(C(=O)C1(C)CCCN1)C1CCS(=O)(=O)C1. The van der Waals surface area contributed by atoms with Gasteiger partial charge < -0.3 is 10.2 Å². The van der Waals surface area contributed by atoms with Crippen LogP contribution in [0, 0.1) is 12.3 Å². The molecular weight excluding hydrogens is 264 g/mol. The lowest BCUT2D eigenvalue weighted by Crippen LogP contribution is -2.56. The van der Waals surface area contributed by atoms with Gasteiger partial charge >= 0.3 is 0 Å². The van der Waals surface area contributed by atoms with Gasteiger partial charge in [-0.2, -0.15) is 0 Å². The second kappa shape index (κ2) is 5.14. The summed E-state index contributed by atoms with van der Waals surface area (Å²) in [6.45, 7) is 2.86. The maximum Gasteiger partial charge on any atom is 0.243 e. The van der Waals surface area contributed by atoms with Crippen molar-refractivity contribution in [2.45, 2.75) is 37.8 Å². The maximum absolute atomic E-state index is 12.6. The molecule has 0 saturated carbocycles. The summed E-state index contributed by atoms with van der Waals surface area (Å²) in [4.78, 5) is 14.2. The van der Waals surface area contributed by atoms with Crippen LogP contribution in [0.3, 0.4) is 0 Å². The average Bonchev–Trinajstić information content (AvgIpc) is 2.92. The molecule has 0 aromatic heterocycles. The maximum atomic E-state index is 12.6. The Morgan fingerprint density at radius 1 is 1.58 bits per heavy atom. The molecule has 0 aliphatic carbocycles. The first-order valence-electron chi connectivity index (χ1n) is 6.58. The summed E-state index contributed by atoms with van der Waals surface area (Å²) in [5.74, 6) is 2.60. The van der Waals surface area contributed by atoms with Crippen LogP contribution in [0.15, 0.2) is 0 Å². The van der Waals surface area contributed by atoms with Crippen molar-refractivity contribution >= 4 is 15.7 Å². The van der Waals surface area contributed by atoms with Crippen molar-refractivity contribution in [3.05, 3.63) is 0 Å². The van der Waals surface area contributed by atoms with Crippen molar-refractivity contribution in [3.8, 4) is 12.3 Å². The summed E-state index contributed by atoms with van der Waals surface area (Å²) in [5.41, 5.74) is -0.594. The molecule has 0 aromatic rings. The van der Waals surface area contributed by atoms with Crippen LogP contribution in [-0.2, 0) is 14.6 Å². The van der Waals surface area contributed by atoms with Crippen molar-refractivity contribution in [2.75, 3.05) is 24.6 Å². The molecule has 2 aliphatic heterocycles. The van der Waals surface area contributed by atoms with E-state index in [1.165, 1.54) is 0 Å². The van der Waals surface area contributed by atoms with Crippen molar-refractivity contribution in [1.82, 2.24) is 10.2 Å². The molecule has 2 atom stereocenters. The van der Waals surface area contributed by atoms with E-state index in [2.05, 4.69) is 11.2 Å². The van der Waals surface area contributed by atoms with Crippen molar-refractivity contribution in [2.24, 2.45) is 0 Å². The Labute approximate surface area is 114 Å². The lowest BCUT2D eigenvalue weighted by molar-refractivity contribution is -0.138. The molecule has 0 radical (unpaired) electrons. The van der Waals surface area contributed by atoms with Crippen molar-refractivity contribution < 1.29 is 13.2 Å². The van der Waals surface area contributed by atoms with Crippen LogP contribution in [0.1, 0.15) is 26.2 Å². The van der Waals surface area contributed by atoms with Gasteiger partial charge in [0.05, 0.1) is 23.6 Å². The molecule has 2 heterocycles. The summed E-state index contributed by atoms with van der Waals surface area (Å²) < 4.78 is 23.1. The number of nitrogens with one attached hydrogen (secondary N) is 1. The minimum absolute atomic E-state index is 0.0382. The van der Waals surface area contributed by atoms with E-state index in [4.69, 9.17) is 6.42 Å². The van der Waals surface area contributed by atoms with Gasteiger partial charge in [0.1, 0.15) is 0 Å². The highest BCUT2D eigenvalue weighted by molar-refractivity contribution is 7.91. The lowest BCUT2D eigenvalue weighted by atomic mass is 9.97. The van der Waals surface area contributed by atoms with Crippen molar-refractivity contribution in [1.29, 1.82) is 0 Å². The van der Waals surface area contributed by atoms with Crippen LogP contribution in [0.2, 0.25) is 0 Å². The Kier molecular flexibility index (Phi) is 3.88. The molecule has 1 N–H and O–H groups in total. The zero-order chi connectivity index (χ0) is 14.1. The first kappa shape index (κ1) is 14.4. The largest absolute Gasteiger partial charge is 0.326 e. The summed E-state index contributed by atoms with van der Waals surface area (Å²) in [5, 5.41) is 3.21. The van der Waals surface area contributed by atoms with Gasteiger partial charge in [-0.25, -0.2) is 8.42 Å². The molecule has 6 heteroatoms. The predicted molar refractivity (Wildman–Crippen MR) is 73.2 cm³/mol. The number of nitrogens with zero attached hydrogens (tertiary/aromatic N) is 1. The van der Waals surface area contributed by atoms with E-state index in [9.17, 15) is 13.2 Å². The second-order valence-electron chi connectivity index (χ2n) is 5.56. The van der Waals surface area contributed by atoms with Crippen molar-refractivity contribution in [3.63, 3.8) is 0 Å². The van der Waals surface area contributed by atoms with Gasteiger partial charge in [0.25, 0.3) is 0 Å². The Bertz CT molecular complexity index is 500. The third-order valence-corrected chi connectivity index (χ3v) is 5.76. The molecule has 2 aliphatic rings. The summed E-state index contributed by atoms with van der Waals surface area (Å²) >= 11 is 0. The van der Waals surface area contributed by atoms with Gasteiger partial charge in [0.2, 0.25) is 5.91 Å². The fourth-order valence-corrected chi connectivity index (χ4v) is 4.61. The average molecular weight is 284 g/mol. The molecule has 5 nitrogen and oxygen atoms in total. The quantitative estimate of drug-likeness (QED) is 0.728. The van der Waals surface area contributed by atoms with E-state index in [-0.39, 0.29) is 30.0 Å². The van der Waals surface area contributed by atoms with Gasteiger partial charge in [0, 0.05) is 6.04 Å². The van der Waals surface area contributed by atoms with Crippen LogP contribution in [0.25, 0.3) is 0 Å². The Balaban J connectivity index is 2.17. The van der Waals surface area contributed by atoms with Crippen LogP contribution in [-0.4, -0.2) is 55.4 Å². The summed E-state index contributed by atoms with van der Waals surface area (Å²) in [6, 6.07) is -0.271. The Morgan fingerprint density at radius 3 is 2.79 bits per heavy atom. The number of rotatable bonds is 3. The van der Waals surface area contributed by atoms with Gasteiger partial charge in [-0.15, -0.1) is 6.42 Å². The fraction of sp³-hybridized carbons (Fsp3) is 0.769. The van der Waals surface area contributed by atoms with E-state index in [0.29, 0.717) is 6.42 Å². The molecule has 0 spiro atoms. The minimum atomic E-state index is -3.02. The normalized spacial score (nSPS) is 32.9.